The van der Waals surface area contributed by atoms with E-state index in [1.165, 1.54) is 0 Å². The summed E-state index contributed by atoms with van der Waals surface area (Å²) in [5, 5.41) is 11.0. The lowest BCUT2D eigenvalue weighted by molar-refractivity contribution is -0.139. The van der Waals surface area contributed by atoms with Crippen molar-refractivity contribution in [3.8, 4) is 5.75 Å². The number of aromatic nitrogens is 3. The smallest absolute Gasteiger partial charge is 0.273 e. The number of ether oxygens (including phenoxy) is 1. The van der Waals surface area contributed by atoms with Crippen LogP contribution in [0.3, 0.4) is 0 Å². The fourth-order valence-electron chi connectivity index (χ4n) is 3.82. The van der Waals surface area contributed by atoms with Gasteiger partial charge in [0.1, 0.15) is 5.75 Å². The van der Waals surface area contributed by atoms with E-state index in [1.54, 1.807) is 10.9 Å². The molecule has 0 spiro atoms. The van der Waals surface area contributed by atoms with Crippen LogP contribution in [0.5, 0.6) is 5.75 Å². The monoisotopic (exact) mass is 397 g/mol. The molecule has 0 aliphatic carbocycles. The first-order valence-corrected chi connectivity index (χ1v) is 10.2. The Hall–Kier alpha value is -2.90. The Balaban J connectivity index is 1.30. The second-order valence-corrected chi connectivity index (χ2v) is 8.16. The number of carbonyl (C=O) groups excluding carboxylic acids is 2. The molecule has 8 nitrogen and oxygen atoms in total. The molecule has 8 heteroatoms. The number of rotatable bonds is 5. The number of nitrogens with zero attached hydrogens (tertiary/aromatic N) is 4. The average molecular weight is 397 g/mol. The zero-order chi connectivity index (χ0) is 20.4. The van der Waals surface area contributed by atoms with Crippen LogP contribution in [0.4, 0.5) is 0 Å². The second-order valence-electron chi connectivity index (χ2n) is 8.16. The number of nitrogens with one attached hydrogen (secondary N) is 1. The predicted octanol–water partition coefficient (Wildman–Crippen LogP) is 1.83. The molecule has 2 amide bonds. The van der Waals surface area contributed by atoms with E-state index >= 15 is 0 Å². The molecular weight excluding hydrogens is 370 g/mol. The molecular formula is C21H27N5O3. The highest BCUT2D eigenvalue weighted by atomic mass is 16.5. The molecule has 1 atom stereocenters. The summed E-state index contributed by atoms with van der Waals surface area (Å²) in [5.41, 5.74) is 1.42. The van der Waals surface area contributed by atoms with E-state index in [-0.39, 0.29) is 17.9 Å². The fourth-order valence-corrected chi connectivity index (χ4v) is 3.82. The molecule has 2 aliphatic heterocycles. The standard InChI is InChI=1S/C21H27N5O3/c1-14(2)12-22-20(27)17-13-26(24-23-17)16-7-9-25(10-8-16)21(28)19-11-15-5-3-4-6-18(15)29-19/h3-6,13-14,16,19H,7-12H2,1-2H3,(H,22,27). The number of fused-ring (bicyclic) bond motifs is 1. The molecule has 1 unspecified atom stereocenters. The van der Waals surface area contributed by atoms with Crippen molar-refractivity contribution in [3.05, 3.63) is 41.7 Å². The number of amides is 2. The zero-order valence-electron chi connectivity index (χ0n) is 16.9. The van der Waals surface area contributed by atoms with Gasteiger partial charge in [-0.25, -0.2) is 4.68 Å². The summed E-state index contributed by atoms with van der Waals surface area (Å²) in [6, 6.07) is 7.95. The topological polar surface area (TPSA) is 89.4 Å². The number of benzene rings is 1. The molecule has 1 fully saturated rings. The van der Waals surface area contributed by atoms with Gasteiger partial charge in [-0.05, 0) is 30.4 Å². The minimum Gasteiger partial charge on any atom is -0.480 e. The van der Waals surface area contributed by atoms with Gasteiger partial charge in [0, 0.05) is 26.1 Å². The van der Waals surface area contributed by atoms with Crippen LogP contribution < -0.4 is 10.1 Å². The highest BCUT2D eigenvalue weighted by molar-refractivity contribution is 5.91. The van der Waals surface area contributed by atoms with E-state index in [9.17, 15) is 9.59 Å². The number of piperidine rings is 1. The van der Waals surface area contributed by atoms with Crippen LogP contribution in [0.25, 0.3) is 0 Å². The minimum absolute atomic E-state index is 0.0481. The van der Waals surface area contributed by atoms with Crippen molar-refractivity contribution >= 4 is 11.8 Å². The average Bonchev–Trinajstić information content (AvgIpc) is 3.39. The minimum atomic E-state index is -0.424. The van der Waals surface area contributed by atoms with Gasteiger partial charge in [0.15, 0.2) is 11.8 Å². The van der Waals surface area contributed by atoms with Crippen LogP contribution in [-0.2, 0) is 11.2 Å². The van der Waals surface area contributed by atoms with Crippen LogP contribution in [0.15, 0.2) is 30.5 Å². The Kier molecular flexibility index (Phi) is 5.51. The number of hydrogen-bond acceptors (Lipinski definition) is 5. The van der Waals surface area contributed by atoms with Crippen molar-refractivity contribution in [2.24, 2.45) is 5.92 Å². The third kappa shape index (κ3) is 4.26. The largest absolute Gasteiger partial charge is 0.480 e. The fraction of sp³-hybridized carbons (Fsp3) is 0.524. The Morgan fingerprint density at radius 3 is 2.72 bits per heavy atom. The first kappa shape index (κ1) is 19.4. The zero-order valence-corrected chi connectivity index (χ0v) is 16.9. The Labute approximate surface area is 170 Å². The first-order valence-electron chi connectivity index (χ1n) is 10.2. The van der Waals surface area contributed by atoms with Crippen LogP contribution in [0.1, 0.15) is 48.8 Å². The van der Waals surface area contributed by atoms with Crippen molar-refractivity contribution in [1.82, 2.24) is 25.2 Å². The summed E-state index contributed by atoms with van der Waals surface area (Å²) >= 11 is 0. The van der Waals surface area contributed by atoms with Crippen LogP contribution in [-0.4, -0.2) is 57.4 Å². The van der Waals surface area contributed by atoms with Crippen molar-refractivity contribution in [3.63, 3.8) is 0 Å². The molecule has 0 bridgehead atoms. The van der Waals surface area contributed by atoms with Gasteiger partial charge in [0.2, 0.25) is 0 Å². The summed E-state index contributed by atoms with van der Waals surface area (Å²) in [6.07, 6.45) is 3.47. The summed E-state index contributed by atoms with van der Waals surface area (Å²) in [6.45, 7) is 5.99. The third-order valence-electron chi connectivity index (χ3n) is 5.49. The van der Waals surface area contributed by atoms with Gasteiger partial charge in [-0.15, -0.1) is 5.10 Å². The Bertz CT molecular complexity index is 861. The molecule has 1 N–H and O–H groups in total. The van der Waals surface area contributed by atoms with E-state index in [2.05, 4.69) is 15.6 Å². The summed E-state index contributed by atoms with van der Waals surface area (Å²) in [7, 11) is 0. The maximum absolute atomic E-state index is 12.8. The molecule has 154 valence electrons. The lowest BCUT2D eigenvalue weighted by atomic mass is 10.0. The van der Waals surface area contributed by atoms with Crippen LogP contribution in [0, 0.1) is 5.92 Å². The Morgan fingerprint density at radius 1 is 1.24 bits per heavy atom. The molecule has 3 heterocycles. The first-order chi connectivity index (χ1) is 14.0. The van der Waals surface area contributed by atoms with Crippen molar-refractivity contribution in [2.45, 2.75) is 45.3 Å². The van der Waals surface area contributed by atoms with E-state index < -0.39 is 6.10 Å². The van der Waals surface area contributed by atoms with Gasteiger partial charge >= 0.3 is 0 Å². The van der Waals surface area contributed by atoms with Crippen LogP contribution in [0.2, 0.25) is 0 Å². The summed E-state index contributed by atoms with van der Waals surface area (Å²) in [4.78, 5) is 26.9. The quantitative estimate of drug-likeness (QED) is 0.831. The maximum atomic E-state index is 12.8. The van der Waals surface area contributed by atoms with Crippen molar-refractivity contribution in [1.29, 1.82) is 0 Å². The van der Waals surface area contributed by atoms with E-state index in [0.29, 0.717) is 37.7 Å². The number of likely N-dealkylation sites (tertiary alicyclic amines) is 1. The van der Waals surface area contributed by atoms with Gasteiger partial charge in [-0.2, -0.15) is 0 Å². The normalized spacial score (nSPS) is 19.1. The van der Waals surface area contributed by atoms with E-state index in [1.807, 2.05) is 43.0 Å². The maximum Gasteiger partial charge on any atom is 0.273 e. The number of carbonyl (C=O) groups is 2. The van der Waals surface area contributed by atoms with Crippen molar-refractivity contribution in [2.75, 3.05) is 19.6 Å². The summed E-state index contributed by atoms with van der Waals surface area (Å²) in [5.74, 6) is 1.04. The third-order valence-corrected chi connectivity index (χ3v) is 5.49. The predicted molar refractivity (Wildman–Crippen MR) is 107 cm³/mol. The molecule has 0 radical (unpaired) electrons. The highest BCUT2D eigenvalue weighted by Crippen LogP contribution is 2.30. The highest BCUT2D eigenvalue weighted by Gasteiger charge is 2.34. The summed E-state index contributed by atoms with van der Waals surface area (Å²) < 4.78 is 7.60. The van der Waals surface area contributed by atoms with Gasteiger partial charge in [-0.3, -0.25) is 9.59 Å². The molecule has 2 aromatic rings. The number of hydrogen-bond donors (Lipinski definition) is 1. The molecule has 1 saturated heterocycles. The van der Waals surface area contributed by atoms with Crippen molar-refractivity contribution < 1.29 is 14.3 Å². The lowest BCUT2D eigenvalue weighted by Gasteiger charge is -2.33. The van der Waals surface area contributed by atoms with Gasteiger partial charge < -0.3 is 15.0 Å². The van der Waals surface area contributed by atoms with Gasteiger partial charge in [0.05, 0.1) is 12.2 Å². The van der Waals surface area contributed by atoms with Crippen LogP contribution >= 0.6 is 0 Å². The SMILES string of the molecule is CC(C)CNC(=O)c1cn(C2CCN(C(=O)C3Cc4ccccc4O3)CC2)nn1. The molecule has 2 aliphatic rings. The molecule has 1 aromatic heterocycles. The molecule has 1 aromatic carbocycles. The van der Waals surface area contributed by atoms with E-state index in [4.69, 9.17) is 4.74 Å². The van der Waals surface area contributed by atoms with Gasteiger partial charge in [-0.1, -0.05) is 37.3 Å². The van der Waals surface area contributed by atoms with Gasteiger partial charge in [0.25, 0.3) is 11.8 Å². The molecule has 0 saturated carbocycles. The van der Waals surface area contributed by atoms with E-state index in [0.717, 1.165) is 24.2 Å². The number of para-hydroxylation sites is 1. The molecule has 4 rings (SSSR count). The Morgan fingerprint density at radius 2 is 2.00 bits per heavy atom. The second kappa shape index (κ2) is 8.23. The molecule has 29 heavy (non-hydrogen) atoms. The lowest BCUT2D eigenvalue weighted by Crippen LogP contribution is -2.45.